The van der Waals surface area contributed by atoms with Crippen molar-refractivity contribution < 1.29 is 26.4 Å². The van der Waals surface area contributed by atoms with Crippen LogP contribution in [0.2, 0.25) is 0 Å². The molecule has 1 unspecified atom stereocenters. The van der Waals surface area contributed by atoms with Crippen molar-refractivity contribution in [3.8, 4) is 0 Å². The van der Waals surface area contributed by atoms with E-state index in [1.54, 1.807) is 4.90 Å². The number of nitrogens with one attached hydrogen (secondary N) is 1. The Hall–Kier alpha value is -2.43. The number of fused-ring (bicyclic) bond motifs is 1. The van der Waals surface area contributed by atoms with Gasteiger partial charge in [0.25, 0.3) is 0 Å². The molecule has 1 saturated heterocycles. The van der Waals surface area contributed by atoms with Gasteiger partial charge >= 0.3 is 6.18 Å². The fourth-order valence-electron chi connectivity index (χ4n) is 5.16. The second-order valence-corrected chi connectivity index (χ2v) is 11.4. The van der Waals surface area contributed by atoms with E-state index < -0.39 is 21.8 Å². The van der Waals surface area contributed by atoms with E-state index in [0.29, 0.717) is 51.7 Å². The molecule has 6 nitrogen and oxygen atoms in total. The van der Waals surface area contributed by atoms with Crippen LogP contribution in [-0.4, -0.2) is 54.7 Å². The Kier molecular flexibility index (Phi) is 6.39. The molecule has 188 valence electrons. The van der Waals surface area contributed by atoms with E-state index in [-0.39, 0.29) is 28.9 Å². The number of hydrogen-bond donors (Lipinski definition) is 1. The third-order valence-electron chi connectivity index (χ3n) is 7.16. The van der Waals surface area contributed by atoms with E-state index in [1.807, 2.05) is 24.3 Å². The SMILES string of the molecule is O=C(C1Cc2ccccc2CN1)N1CCC(N(C2CC2)S(=O)(=O)c2cccc(C(F)(F)F)c2)CC1. The minimum absolute atomic E-state index is 0.0108. The predicted molar refractivity (Wildman–Crippen MR) is 124 cm³/mol. The Morgan fingerprint density at radius 2 is 1.60 bits per heavy atom. The van der Waals surface area contributed by atoms with Gasteiger partial charge in [0.15, 0.2) is 0 Å². The number of likely N-dealkylation sites (tertiary alicyclic amines) is 1. The van der Waals surface area contributed by atoms with Crippen molar-refractivity contribution in [3.63, 3.8) is 0 Å². The van der Waals surface area contributed by atoms with Crippen molar-refractivity contribution in [3.05, 3.63) is 65.2 Å². The van der Waals surface area contributed by atoms with Crippen LogP contribution in [-0.2, 0) is 34.0 Å². The van der Waals surface area contributed by atoms with Gasteiger partial charge in [0, 0.05) is 31.7 Å². The van der Waals surface area contributed by atoms with Crippen molar-refractivity contribution in [1.29, 1.82) is 0 Å². The molecule has 2 aromatic rings. The Bertz CT molecular complexity index is 1210. The minimum Gasteiger partial charge on any atom is -0.341 e. The molecule has 2 heterocycles. The summed E-state index contributed by atoms with van der Waals surface area (Å²) in [5.74, 6) is 0.0108. The first-order valence-electron chi connectivity index (χ1n) is 11.9. The molecule has 35 heavy (non-hydrogen) atoms. The van der Waals surface area contributed by atoms with Gasteiger partial charge in [-0.15, -0.1) is 0 Å². The zero-order valence-electron chi connectivity index (χ0n) is 19.2. The van der Waals surface area contributed by atoms with Crippen molar-refractivity contribution in [1.82, 2.24) is 14.5 Å². The maximum Gasteiger partial charge on any atom is 0.416 e. The average Bonchev–Trinajstić information content (AvgIpc) is 3.68. The van der Waals surface area contributed by atoms with E-state index >= 15 is 0 Å². The second kappa shape index (κ2) is 9.22. The number of alkyl halides is 3. The van der Waals surface area contributed by atoms with Crippen molar-refractivity contribution >= 4 is 15.9 Å². The molecule has 1 aliphatic carbocycles. The molecule has 1 saturated carbocycles. The molecule has 3 aliphatic rings. The maximum absolute atomic E-state index is 13.4. The van der Waals surface area contributed by atoms with Gasteiger partial charge in [-0.05, 0) is 61.4 Å². The standard InChI is InChI=1S/C25H28F3N3O3S/c26-25(27,28)19-6-3-7-22(15-19)35(33,34)31(20-8-9-20)21-10-12-30(13-11-21)24(32)23-14-17-4-1-2-5-18(17)16-29-23/h1-7,15,20-21,23,29H,8-14,16H2. The molecule has 2 aliphatic heterocycles. The predicted octanol–water partition coefficient (Wildman–Crippen LogP) is 3.56. The van der Waals surface area contributed by atoms with Crippen molar-refractivity contribution in [2.24, 2.45) is 0 Å². The molecule has 0 bridgehead atoms. The highest BCUT2D eigenvalue weighted by atomic mass is 32.2. The van der Waals surface area contributed by atoms with Crippen LogP contribution in [0.3, 0.4) is 0 Å². The van der Waals surface area contributed by atoms with Crippen molar-refractivity contribution in [2.45, 2.75) is 67.8 Å². The first-order valence-corrected chi connectivity index (χ1v) is 13.4. The molecule has 5 rings (SSSR count). The second-order valence-electron chi connectivity index (χ2n) is 9.55. The van der Waals surface area contributed by atoms with Crippen molar-refractivity contribution in [2.75, 3.05) is 13.1 Å². The largest absolute Gasteiger partial charge is 0.416 e. The normalized spacial score (nSPS) is 21.7. The fraction of sp³-hybridized carbons (Fsp3) is 0.480. The number of carbonyl (C=O) groups excluding carboxylic acids is 1. The Morgan fingerprint density at radius 1 is 0.943 bits per heavy atom. The van der Waals surface area contributed by atoms with Gasteiger partial charge < -0.3 is 10.2 Å². The zero-order chi connectivity index (χ0) is 24.8. The summed E-state index contributed by atoms with van der Waals surface area (Å²) >= 11 is 0. The number of amides is 1. The van der Waals surface area contributed by atoms with Gasteiger partial charge in [-0.25, -0.2) is 8.42 Å². The molecule has 0 radical (unpaired) electrons. The first kappa shape index (κ1) is 24.3. The lowest BCUT2D eigenvalue weighted by molar-refractivity contribution is -0.137. The lowest BCUT2D eigenvalue weighted by Crippen LogP contribution is -2.54. The van der Waals surface area contributed by atoms with E-state index in [0.717, 1.165) is 23.8 Å². The Morgan fingerprint density at radius 3 is 2.26 bits per heavy atom. The highest BCUT2D eigenvalue weighted by Gasteiger charge is 2.44. The summed E-state index contributed by atoms with van der Waals surface area (Å²) in [6.07, 6.45) is -1.68. The smallest absolute Gasteiger partial charge is 0.341 e. The van der Waals surface area contributed by atoms with Crippen LogP contribution in [0.5, 0.6) is 0 Å². The number of nitrogens with zero attached hydrogens (tertiary/aromatic N) is 2. The molecule has 2 fully saturated rings. The van der Waals surface area contributed by atoms with Crippen LogP contribution >= 0.6 is 0 Å². The van der Waals surface area contributed by atoms with Crippen LogP contribution in [0.1, 0.15) is 42.4 Å². The molecule has 1 N–H and O–H groups in total. The number of sulfonamides is 1. The molecule has 0 aromatic heterocycles. The zero-order valence-corrected chi connectivity index (χ0v) is 20.0. The summed E-state index contributed by atoms with van der Waals surface area (Å²) in [6, 6.07) is 11.1. The number of carbonyl (C=O) groups is 1. The Labute approximate surface area is 203 Å². The number of hydrogen-bond acceptors (Lipinski definition) is 4. The van der Waals surface area contributed by atoms with E-state index in [1.165, 1.54) is 15.9 Å². The fourth-order valence-corrected chi connectivity index (χ4v) is 7.14. The lowest BCUT2D eigenvalue weighted by Gasteiger charge is -2.39. The maximum atomic E-state index is 13.4. The quantitative estimate of drug-likeness (QED) is 0.672. The summed E-state index contributed by atoms with van der Waals surface area (Å²) in [4.78, 5) is 14.6. The first-order chi connectivity index (χ1) is 16.6. The Balaban J connectivity index is 1.28. The van der Waals surface area contributed by atoms with Gasteiger partial charge in [0.2, 0.25) is 15.9 Å². The van der Waals surface area contributed by atoms with Gasteiger partial charge in [-0.3, -0.25) is 4.79 Å². The summed E-state index contributed by atoms with van der Waals surface area (Å²) in [5.41, 5.74) is 1.37. The summed E-state index contributed by atoms with van der Waals surface area (Å²) in [5, 5.41) is 3.31. The van der Waals surface area contributed by atoms with Crippen LogP contribution in [0.25, 0.3) is 0 Å². The summed E-state index contributed by atoms with van der Waals surface area (Å²) in [7, 11) is -4.09. The summed E-state index contributed by atoms with van der Waals surface area (Å²) in [6.45, 7) is 1.48. The van der Waals surface area contributed by atoms with E-state index in [2.05, 4.69) is 5.32 Å². The van der Waals surface area contributed by atoms with Gasteiger partial charge in [0.1, 0.15) is 0 Å². The molecule has 10 heteroatoms. The average molecular weight is 508 g/mol. The monoisotopic (exact) mass is 507 g/mol. The number of benzene rings is 2. The van der Waals surface area contributed by atoms with Crippen LogP contribution in [0, 0.1) is 0 Å². The molecular weight excluding hydrogens is 479 g/mol. The number of rotatable bonds is 5. The van der Waals surface area contributed by atoms with Gasteiger partial charge in [-0.1, -0.05) is 30.3 Å². The lowest BCUT2D eigenvalue weighted by atomic mass is 9.94. The molecular formula is C25H28F3N3O3S. The third-order valence-corrected chi connectivity index (χ3v) is 9.16. The number of halogens is 3. The summed E-state index contributed by atoms with van der Waals surface area (Å²) < 4.78 is 67.9. The number of piperidine rings is 1. The minimum atomic E-state index is -4.62. The van der Waals surface area contributed by atoms with Gasteiger partial charge in [-0.2, -0.15) is 17.5 Å². The molecule has 0 spiro atoms. The highest BCUT2D eigenvalue weighted by molar-refractivity contribution is 7.89. The topological polar surface area (TPSA) is 69.7 Å². The van der Waals surface area contributed by atoms with E-state index in [4.69, 9.17) is 0 Å². The van der Waals surface area contributed by atoms with Crippen LogP contribution < -0.4 is 5.32 Å². The van der Waals surface area contributed by atoms with E-state index in [9.17, 15) is 26.4 Å². The van der Waals surface area contributed by atoms with Crippen LogP contribution in [0.4, 0.5) is 13.2 Å². The third kappa shape index (κ3) is 4.96. The van der Waals surface area contributed by atoms with Gasteiger partial charge in [0.05, 0.1) is 16.5 Å². The highest BCUT2D eigenvalue weighted by Crippen LogP contribution is 2.38. The molecule has 1 amide bonds. The van der Waals surface area contributed by atoms with Crippen LogP contribution in [0.15, 0.2) is 53.4 Å². The molecule has 1 atom stereocenters. The molecule has 2 aromatic carbocycles.